The largest absolute Gasteiger partial charge is 0.496 e. The van der Waals surface area contributed by atoms with Gasteiger partial charge in [-0.2, -0.15) is 0 Å². The minimum absolute atomic E-state index is 0.111. The minimum Gasteiger partial charge on any atom is -0.496 e. The molecule has 1 amide bonds. The van der Waals surface area contributed by atoms with Gasteiger partial charge in [-0.1, -0.05) is 41.9 Å². The van der Waals surface area contributed by atoms with Crippen molar-refractivity contribution in [3.8, 4) is 5.75 Å². The van der Waals surface area contributed by atoms with Crippen molar-refractivity contribution in [2.75, 3.05) is 33.8 Å². The third-order valence-corrected chi connectivity index (χ3v) is 5.79. The number of amides is 1. The average molecular weight is 418 g/mol. The van der Waals surface area contributed by atoms with E-state index in [2.05, 4.69) is 35.6 Å². The molecule has 156 valence electrons. The summed E-state index contributed by atoms with van der Waals surface area (Å²) >= 11 is 6.11. The molecule has 1 atom stereocenters. The fourth-order valence-electron chi connectivity index (χ4n) is 4.06. The van der Waals surface area contributed by atoms with Crippen molar-refractivity contribution in [2.45, 2.75) is 32.0 Å². The van der Waals surface area contributed by atoms with Crippen LogP contribution in [-0.4, -0.2) is 45.7 Å². The van der Waals surface area contributed by atoms with Gasteiger partial charge in [-0.25, -0.2) is 0 Å². The first kappa shape index (κ1) is 21.6. The maximum atomic E-state index is 12.5. The van der Waals surface area contributed by atoms with E-state index in [9.17, 15) is 4.79 Å². The first-order chi connectivity index (χ1) is 14.0. The van der Waals surface area contributed by atoms with E-state index in [0.717, 1.165) is 48.7 Å². The predicted octanol–water partition coefficient (Wildman–Crippen LogP) is 0.727. The molecular formula is C23H32ClN3O2+2. The van der Waals surface area contributed by atoms with Crippen LogP contribution in [0.25, 0.3) is 0 Å². The van der Waals surface area contributed by atoms with Crippen molar-refractivity contribution in [3.63, 3.8) is 0 Å². The number of rotatable bonds is 8. The van der Waals surface area contributed by atoms with Crippen LogP contribution in [0.1, 0.15) is 24.0 Å². The molecule has 6 heteroatoms. The van der Waals surface area contributed by atoms with Crippen molar-refractivity contribution in [3.05, 3.63) is 64.7 Å². The van der Waals surface area contributed by atoms with Crippen LogP contribution < -0.4 is 19.9 Å². The van der Waals surface area contributed by atoms with Crippen LogP contribution in [0.2, 0.25) is 5.02 Å². The fraction of sp³-hybridized carbons (Fsp3) is 0.435. The highest BCUT2D eigenvalue weighted by Gasteiger charge is 2.24. The molecular weight excluding hydrogens is 386 g/mol. The van der Waals surface area contributed by atoms with Crippen LogP contribution >= 0.6 is 11.6 Å². The molecule has 29 heavy (non-hydrogen) atoms. The summed E-state index contributed by atoms with van der Waals surface area (Å²) < 4.78 is 5.41. The standard InChI is InChI=1S/C23H30ClN3O2/c1-26(16-19-14-20(24)8-9-22(19)29-2)17-23(28)25-21-10-12-27(13-11-21)15-18-6-4-3-5-7-18/h3-9,14,21H,10-13,15-17H2,1-2H3,(H,25,28)/p+2. The van der Waals surface area contributed by atoms with Gasteiger partial charge < -0.3 is 19.9 Å². The summed E-state index contributed by atoms with van der Waals surface area (Å²) in [5.74, 6) is 0.919. The second kappa shape index (κ2) is 10.6. The number of hydrogen-bond donors (Lipinski definition) is 3. The Balaban J connectivity index is 1.41. The Morgan fingerprint density at radius 1 is 1.21 bits per heavy atom. The number of benzene rings is 2. The summed E-state index contributed by atoms with van der Waals surface area (Å²) in [7, 11) is 3.67. The summed E-state index contributed by atoms with van der Waals surface area (Å²) in [6.07, 6.45) is 2.07. The number of piperidine rings is 1. The summed E-state index contributed by atoms with van der Waals surface area (Å²) in [6, 6.07) is 16.5. The number of carbonyl (C=O) groups is 1. The number of carbonyl (C=O) groups excluding carboxylic acids is 1. The van der Waals surface area contributed by atoms with Crippen molar-refractivity contribution in [1.82, 2.24) is 5.32 Å². The lowest BCUT2D eigenvalue weighted by molar-refractivity contribution is -0.918. The molecule has 1 saturated heterocycles. The SMILES string of the molecule is COc1ccc(Cl)cc1C[NH+](C)CC(=O)NC1CC[NH+](Cc2ccccc2)CC1. The van der Waals surface area contributed by atoms with E-state index >= 15 is 0 Å². The van der Waals surface area contributed by atoms with Gasteiger partial charge in [-0.15, -0.1) is 0 Å². The van der Waals surface area contributed by atoms with Crippen LogP contribution in [0.4, 0.5) is 0 Å². The molecule has 0 aromatic heterocycles. The zero-order valence-electron chi connectivity index (χ0n) is 17.3. The quantitative estimate of drug-likeness (QED) is 0.593. The monoisotopic (exact) mass is 417 g/mol. The second-order valence-corrected chi connectivity index (χ2v) is 8.46. The van der Waals surface area contributed by atoms with Crippen LogP contribution in [0, 0.1) is 0 Å². The zero-order valence-corrected chi connectivity index (χ0v) is 18.1. The summed E-state index contributed by atoms with van der Waals surface area (Å²) in [5.41, 5.74) is 2.40. The Hall–Kier alpha value is -2.08. The molecule has 5 nitrogen and oxygen atoms in total. The van der Waals surface area contributed by atoms with E-state index < -0.39 is 0 Å². The molecule has 2 aromatic carbocycles. The molecule has 2 aromatic rings. The Bertz CT molecular complexity index is 792. The van der Waals surface area contributed by atoms with E-state index in [-0.39, 0.29) is 11.9 Å². The van der Waals surface area contributed by atoms with Crippen LogP contribution in [0.15, 0.2) is 48.5 Å². The van der Waals surface area contributed by atoms with Crippen LogP contribution in [0.3, 0.4) is 0 Å². The van der Waals surface area contributed by atoms with Gasteiger partial charge in [0.25, 0.3) is 5.91 Å². The summed E-state index contributed by atoms with van der Waals surface area (Å²) in [6.45, 7) is 4.39. The van der Waals surface area contributed by atoms with Gasteiger partial charge in [-0.3, -0.25) is 4.79 Å². The van der Waals surface area contributed by atoms with Gasteiger partial charge >= 0.3 is 0 Å². The van der Waals surface area contributed by atoms with Crippen LogP contribution in [-0.2, 0) is 17.9 Å². The van der Waals surface area contributed by atoms with Gasteiger partial charge in [0.05, 0.1) is 27.2 Å². The molecule has 1 fully saturated rings. The first-order valence-corrected chi connectivity index (χ1v) is 10.7. The molecule has 1 aliphatic heterocycles. The molecule has 1 aliphatic rings. The Kier molecular flexibility index (Phi) is 7.92. The van der Waals surface area contributed by atoms with E-state index in [0.29, 0.717) is 18.1 Å². The number of likely N-dealkylation sites (N-methyl/N-ethyl adjacent to an activating group) is 1. The average Bonchev–Trinajstić information content (AvgIpc) is 2.70. The van der Waals surface area contributed by atoms with Crippen molar-refractivity contribution < 1.29 is 19.3 Å². The first-order valence-electron chi connectivity index (χ1n) is 10.3. The van der Waals surface area contributed by atoms with Gasteiger partial charge in [0.15, 0.2) is 6.54 Å². The fourth-order valence-corrected chi connectivity index (χ4v) is 4.25. The molecule has 3 rings (SSSR count). The maximum Gasteiger partial charge on any atom is 0.275 e. The molecule has 0 aliphatic carbocycles. The number of ether oxygens (including phenoxy) is 1. The highest BCUT2D eigenvalue weighted by atomic mass is 35.5. The summed E-state index contributed by atoms with van der Waals surface area (Å²) in [4.78, 5) is 15.2. The van der Waals surface area contributed by atoms with Crippen molar-refractivity contribution in [1.29, 1.82) is 0 Å². The maximum absolute atomic E-state index is 12.5. The van der Waals surface area contributed by atoms with Crippen molar-refractivity contribution in [2.24, 2.45) is 0 Å². The molecule has 1 heterocycles. The summed E-state index contributed by atoms with van der Waals surface area (Å²) in [5, 5.41) is 3.91. The number of quaternary nitrogens is 2. The lowest BCUT2D eigenvalue weighted by Gasteiger charge is -2.30. The molecule has 0 spiro atoms. The van der Waals surface area contributed by atoms with E-state index in [4.69, 9.17) is 16.3 Å². The number of hydrogen-bond acceptors (Lipinski definition) is 2. The number of methoxy groups -OCH3 is 1. The van der Waals surface area contributed by atoms with Crippen LogP contribution in [0.5, 0.6) is 5.75 Å². The minimum atomic E-state index is 0.111. The number of likely N-dealkylation sites (tertiary alicyclic amines) is 1. The zero-order chi connectivity index (χ0) is 20.6. The van der Waals surface area contributed by atoms with Gasteiger partial charge in [0.2, 0.25) is 0 Å². The van der Waals surface area contributed by atoms with E-state index in [1.165, 1.54) is 5.56 Å². The Labute approximate surface area is 178 Å². The lowest BCUT2D eigenvalue weighted by atomic mass is 10.0. The van der Waals surface area contributed by atoms with Gasteiger partial charge in [0, 0.05) is 35.0 Å². The smallest absolute Gasteiger partial charge is 0.275 e. The molecule has 0 radical (unpaired) electrons. The Morgan fingerprint density at radius 3 is 2.62 bits per heavy atom. The highest BCUT2D eigenvalue weighted by molar-refractivity contribution is 6.30. The topological polar surface area (TPSA) is 47.2 Å². The molecule has 0 bridgehead atoms. The Morgan fingerprint density at radius 2 is 1.93 bits per heavy atom. The lowest BCUT2D eigenvalue weighted by Crippen LogP contribution is -3.12. The number of nitrogens with one attached hydrogen (secondary N) is 3. The van der Waals surface area contributed by atoms with E-state index in [1.807, 2.05) is 25.2 Å². The second-order valence-electron chi connectivity index (χ2n) is 8.02. The van der Waals surface area contributed by atoms with Gasteiger partial charge in [0.1, 0.15) is 18.8 Å². The number of halogens is 1. The third-order valence-electron chi connectivity index (χ3n) is 5.55. The van der Waals surface area contributed by atoms with Crippen molar-refractivity contribution >= 4 is 17.5 Å². The molecule has 0 saturated carbocycles. The molecule has 1 unspecified atom stereocenters. The third kappa shape index (κ3) is 6.74. The normalized spacial score (nSPS) is 20.1. The van der Waals surface area contributed by atoms with E-state index in [1.54, 1.807) is 12.0 Å². The highest BCUT2D eigenvalue weighted by Crippen LogP contribution is 2.21. The molecule has 3 N–H and O–H groups in total. The van der Waals surface area contributed by atoms with Gasteiger partial charge in [-0.05, 0) is 18.2 Å². The predicted molar refractivity (Wildman–Crippen MR) is 115 cm³/mol.